The number of hydrogen-bond acceptors (Lipinski definition) is 2. The molecule has 64 valence electrons. The fourth-order valence-corrected chi connectivity index (χ4v) is 2.40. The Morgan fingerprint density at radius 2 is 2.08 bits per heavy atom. The van der Waals surface area contributed by atoms with Crippen molar-refractivity contribution in [2.75, 3.05) is 0 Å². The van der Waals surface area contributed by atoms with Gasteiger partial charge in [0, 0.05) is 12.3 Å². The molecule has 0 saturated heterocycles. The molecule has 2 unspecified atom stereocenters. The van der Waals surface area contributed by atoms with Crippen LogP contribution in [0.25, 0.3) is 0 Å². The van der Waals surface area contributed by atoms with Crippen molar-refractivity contribution in [2.24, 2.45) is 11.3 Å². The lowest BCUT2D eigenvalue weighted by molar-refractivity contribution is -0.135. The molecule has 0 aromatic rings. The lowest BCUT2D eigenvalue weighted by Gasteiger charge is -2.27. The molecule has 2 bridgehead atoms. The van der Waals surface area contributed by atoms with E-state index in [1.165, 1.54) is 0 Å². The van der Waals surface area contributed by atoms with Crippen molar-refractivity contribution in [3.05, 3.63) is 12.2 Å². The third kappa shape index (κ3) is 0.752. The third-order valence-corrected chi connectivity index (χ3v) is 3.10. The number of fused-ring (bicyclic) bond motifs is 2. The van der Waals surface area contributed by atoms with Crippen LogP contribution >= 0.6 is 0 Å². The second kappa shape index (κ2) is 2.06. The summed E-state index contributed by atoms with van der Waals surface area (Å²) in [6, 6.07) is 0. The Hall–Kier alpha value is -0.920. The molecule has 0 aromatic heterocycles. The maximum absolute atomic E-state index is 11.6. The van der Waals surface area contributed by atoms with E-state index in [9.17, 15) is 9.59 Å². The topological polar surface area (TPSA) is 34.1 Å². The molecule has 0 aliphatic heterocycles. The van der Waals surface area contributed by atoms with Gasteiger partial charge >= 0.3 is 0 Å². The van der Waals surface area contributed by atoms with Crippen LogP contribution in [-0.4, -0.2) is 11.6 Å². The standard InChI is InChI=1S/C10H12O2/c1-6-3-7-4-8(11)10(2,5-6)9(7)12/h7H,1,3-5H2,2H3. The van der Waals surface area contributed by atoms with Crippen molar-refractivity contribution in [3.8, 4) is 0 Å². The molecule has 12 heavy (non-hydrogen) atoms. The van der Waals surface area contributed by atoms with E-state index in [2.05, 4.69) is 6.58 Å². The predicted molar refractivity (Wildman–Crippen MR) is 44.6 cm³/mol. The molecule has 0 radical (unpaired) electrons. The molecule has 2 fully saturated rings. The molecule has 0 N–H and O–H groups in total. The quantitative estimate of drug-likeness (QED) is 0.401. The van der Waals surface area contributed by atoms with Crippen LogP contribution in [0.1, 0.15) is 26.2 Å². The summed E-state index contributed by atoms with van der Waals surface area (Å²) in [7, 11) is 0. The summed E-state index contributed by atoms with van der Waals surface area (Å²) >= 11 is 0. The highest BCUT2D eigenvalue weighted by atomic mass is 16.2. The van der Waals surface area contributed by atoms with Crippen LogP contribution in [0.2, 0.25) is 0 Å². The van der Waals surface area contributed by atoms with E-state index in [1.807, 2.05) is 0 Å². The van der Waals surface area contributed by atoms with Gasteiger partial charge in [0.15, 0.2) is 0 Å². The summed E-state index contributed by atoms with van der Waals surface area (Å²) in [5.41, 5.74) is 0.368. The first-order valence-corrected chi connectivity index (χ1v) is 4.28. The van der Waals surface area contributed by atoms with Crippen molar-refractivity contribution in [3.63, 3.8) is 0 Å². The van der Waals surface area contributed by atoms with E-state index in [0.29, 0.717) is 12.8 Å². The van der Waals surface area contributed by atoms with Crippen LogP contribution in [0.15, 0.2) is 12.2 Å². The second-order valence-electron chi connectivity index (χ2n) is 4.15. The van der Waals surface area contributed by atoms with Crippen molar-refractivity contribution < 1.29 is 9.59 Å². The van der Waals surface area contributed by atoms with E-state index in [1.54, 1.807) is 6.92 Å². The Bertz CT molecular complexity index is 290. The molecule has 0 spiro atoms. The fraction of sp³-hybridized carbons (Fsp3) is 0.600. The Morgan fingerprint density at radius 1 is 1.42 bits per heavy atom. The zero-order chi connectivity index (χ0) is 8.93. The molecule has 2 heteroatoms. The number of carbonyl (C=O) groups excluding carboxylic acids is 2. The van der Waals surface area contributed by atoms with Gasteiger partial charge < -0.3 is 0 Å². The zero-order valence-electron chi connectivity index (χ0n) is 7.22. The summed E-state index contributed by atoms with van der Waals surface area (Å²) in [4.78, 5) is 23.1. The molecule has 2 aliphatic carbocycles. The smallest absolute Gasteiger partial charge is 0.150 e. The second-order valence-corrected chi connectivity index (χ2v) is 4.15. The number of ketones is 2. The fourth-order valence-electron chi connectivity index (χ4n) is 2.40. The maximum Gasteiger partial charge on any atom is 0.150 e. The van der Waals surface area contributed by atoms with Crippen molar-refractivity contribution >= 4 is 11.6 Å². The first-order chi connectivity index (χ1) is 5.54. The zero-order valence-corrected chi connectivity index (χ0v) is 7.22. The highest BCUT2D eigenvalue weighted by Crippen LogP contribution is 2.47. The number of allylic oxidation sites excluding steroid dienone is 1. The molecule has 2 nitrogen and oxygen atoms in total. The highest BCUT2D eigenvalue weighted by Gasteiger charge is 2.53. The van der Waals surface area contributed by atoms with Gasteiger partial charge in [-0.25, -0.2) is 0 Å². The van der Waals surface area contributed by atoms with Crippen LogP contribution in [0.5, 0.6) is 0 Å². The minimum absolute atomic E-state index is 0.0382. The van der Waals surface area contributed by atoms with Crippen molar-refractivity contribution in [1.29, 1.82) is 0 Å². The molecule has 2 atom stereocenters. The van der Waals surface area contributed by atoms with Crippen molar-refractivity contribution in [2.45, 2.75) is 26.2 Å². The van der Waals surface area contributed by atoms with E-state index >= 15 is 0 Å². The van der Waals surface area contributed by atoms with E-state index in [-0.39, 0.29) is 17.5 Å². The van der Waals surface area contributed by atoms with Crippen LogP contribution in [0.4, 0.5) is 0 Å². The summed E-state index contributed by atoms with van der Waals surface area (Å²) in [5, 5.41) is 0. The summed E-state index contributed by atoms with van der Waals surface area (Å²) in [6.45, 7) is 5.63. The van der Waals surface area contributed by atoms with Gasteiger partial charge in [-0.15, -0.1) is 0 Å². The number of Topliss-reactive ketones (excluding diaryl/α,β-unsaturated/α-hetero) is 2. The molecule has 0 heterocycles. The Kier molecular flexibility index (Phi) is 1.33. The highest BCUT2D eigenvalue weighted by molar-refractivity contribution is 6.14. The van der Waals surface area contributed by atoms with Gasteiger partial charge in [-0.2, -0.15) is 0 Å². The van der Waals surface area contributed by atoms with Crippen LogP contribution < -0.4 is 0 Å². The van der Waals surface area contributed by atoms with Gasteiger partial charge in [0.2, 0.25) is 0 Å². The van der Waals surface area contributed by atoms with Gasteiger partial charge in [0.25, 0.3) is 0 Å². The summed E-state index contributed by atoms with van der Waals surface area (Å²) in [5.74, 6) is 0.236. The summed E-state index contributed by atoms with van der Waals surface area (Å²) in [6.07, 6.45) is 1.77. The van der Waals surface area contributed by atoms with E-state index in [0.717, 1.165) is 12.0 Å². The lowest BCUT2D eigenvalue weighted by Crippen LogP contribution is -2.34. The Morgan fingerprint density at radius 3 is 2.67 bits per heavy atom. The molecule has 2 rings (SSSR count). The predicted octanol–water partition coefficient (Wildman–Crippen LogP) is 1.50. The average Bonchev–Trinajstić information content (AvgIpc) is 2.16. The number of rotatable bonds is 0. The van der Waals surface area contributed by atoms with Gasteiger partial charge in [-0.1, -0.05) is 12.2 Å². The molecule has 0 amide bonds. The Labute approximate surface area is 71.6 Å². The van der Waals surface area contributed by atoms with Gasteiger partial charge in [0.1, 0.15) is 11.6 Å². The molecular weight excluding hydrogens is 152 g/mol. The van der Waals surface area contributed by atoms with Crippen LogP contribution in [0.3, 0.4) is 0 Å². The minimum Gasteiger partial charge on any atom is -0.299 e. The number of carbonyl (C=O) groups is 2. The van der Waals surface area contributed by atoms with Gasteiger partial charge in [-0.05, 0) is 19.8 Å². The van der Waals surface area contributed by atoms with Gasteiger partial charge in [0.05, 0.1) is 5.41 Å². The lowest BCUT2D eigenvalue weighted by atomic mass is 9.74. The SMILES string of the molecule is C=C1CC2CC(=O)C(C)(C1)C2=O. The molecule has 2 saturated carbocycles. The van der Waals surface area contributed by atoms with Gasteiger partial charge in [-0.3, -0.25) is 9.59 Å². The maximum atomic E-state index is 11.6. The first-order valence-electron chi connectivity index (χ1n) is 4.28. The van der Waals surface area contributed by atoms with Crippen LogP contribution in [0, 0.1) is 11.3 Å². The minimum atomic E-state index is -0.694. The number of hydrogen-bond donors (Lipinski definition) is 0. The summed E-state index contributed by atoms with van der Waals surface area (Å²) < 4.78 is 0. The van der Waals surface area contributed by atoms with Crippen LogP contribution in [-0.2, 0) is 9.59 Å². The first kappa shape index (κ1) is 7.71. The molecule has 0 aromatic carbocycles. The Balaban J connectivity index is 2.45. The third-order valence-electron chi connectivity index (χ3n) is 3.10. The molecule has 2 aliphatic rings. The average molecular weight is 164 g/mol. The van der Waals surface area contributed by atoms with E-state index in [4.69, 9.17) is 0 Å². The monoisotopic (exact) mass is 164 g/mol. The van der Waals surface area contributed by atoms with E-state index < -0.39 is 5.41 Å². The largest absolute Gasteiger partial charge is 0.299 e. The normalized spacial score (nSPS) is 40.8. The molecular formula is C10H12O2. The van der Waals surface area contributed by atoms with Crippen molar-refractivity contribution in [1.82, 2.24) is 0 Å².